The third kappa shape index (κ3) is 5.86. The average Bonchev–Trinajstić information content (AvgIpc) is 3.56. The zero-order valence-corrected chi connectivity index (χ0v) is 23.1. The van der Waals surface area contributed by atoms with Crippen LogP contribution in [0.15, 0.2) is 36.7 Å². The van der Waals surface area contributed by atoms with Gasteiger partial charge in [-0.15, -0.1) is 0 Å². The van der Waals surface area contributed by atoms with Crippen LogP contribution in [0.4, 0.5) is 10.5 Å². The van der Waals surface area contributed by atoms with Crippen molar-refractivity contribution in [1.82, 2.24) is 24.8 Å². The quantitative estimate of drug-likeness (QED) is 0.511. The first-order valence-electron chi connectivity index (χ1n) is 13.3. The van der Waals surface area contributed by atoms with Gasteiger partial charge in [-0.1, -0.05) is 6.07 Å². The first-order chi connectivity index (χ1) is 18.6. The summed E-state index contributed by atoms with van der Waals surface area (Å²) in [4.78, 5) is 32.9. The lowest BCUT2D eigenvalue weighted by Crippen LogP contribution is -2.50. The first kappa shape index (κ1) is 26.6. The molecule has 1 N–H and O–H groups in total. The van der Waals surface area contributed by atoms with Gasteiger partial charge < -0.3 is 29.3 Å². The third-order valence-electron chi connectivity index (χ3n) is 7.07. The van der Waals surface area contributed by atoms with E-state index in [9.17, 15) is 9.59 Å². The maximum Gasteiger partial charge on any atom is 0.410 e. The fraction of sp³-hybridized carbons (Fsp3) is 0.500. The van der Waals surface area contributed by atoms with Crippen molar-refractivity contribution < 1.29 is 23.8 Å². The van der Waals surface area contributed by atoms with Crippen molar-refractivity contribution in [2.24, 2.45) is 5.92 Å². The number of piperazine rings is 1. The summed E-state index contributed by atoms with van der Waals surface area (Å²) in [5, 5.41) is 7.27. The highest BCUT2D eigenvalue weighted by molar-refractivity contribution is 5.78. The van der Waals surface area contributed by atoms with E-state index in [-0.39, 0.29) is 24.0 Å². The fourth-order valence-electron chi connectivity index (χ4n) is 4.91. The lowest BCUT2D eigenvalue weighted by atomic mass is 10.0. The van der Waals surface area contributed by atoms with Crippen molar-refractivity contribution in [3.8, 4) is 22.9 Å². The second-order valence-electron chi connectivity index (χ2n) is 11.0. The van der Waals surface area contributed by atoms with Crippen LogP contribution in [0.25, 0.3) is 16.8 Å². The van der Waals surface area contributed by atoms with Gasteiger partial charge in [0, 0.05) is 50.6 Å². The highest BCUT2D eigenvalue weighted by atomic mass is 16.6. The van der Waals surface area contributed by atoms with Crippen LogP contribution in [0.5, 0.6) is 11.6 Å². The van der Waals surface area contributed by atoms with Gasteiger partial charge in [0.15, 0.2) is 0 Å². The second kappa shape index (κ2) is 10.6. The van der Waals surface area contributed by atoms with Gasteiger partial charge in [-0.2, -0.15) is 5.10 Å². The molecule has 2 aliphatic rings. The number of aromatic nitrogens is 3. The molecule has 2 atom stereocenters. The SMILES string of the molecule is COc1cc(-c2cn3nccc3c(O[C@H](C)[C@H]3CNC(=O)C3)n2)ccc1N1CCN(C(=O)OC(C)(C)C)CC1. The first-order valence-corrected chi connectivity index (χ1v) is 13.3. The minimum absolute atomic E-state index is 0.0464. The molecule has 11 nitrogen and oxygen atoms in total. The molecule has 0 radical (unpaired) electrons. The van der Waals surface area contributed by atoms with Crippen LogP contribution in [-0.4, -0.2) is 83.0 Å². The number of hydrogen-bond donors (Lipinski definition) is 1. The molecule has 2 saturated heterocycles. The monoisotopic (exact) mass is 536 g/mol. The van der Waals surface area contributed by atoms with Gasteiger partial charge in [0.25, 0.3) is 0 Å². The van der Waals surface area contributed by atoms with Gasteiger partial charge in [0.2, 0.25) is 11.8 Å². The molecule has 1 aromatic carbocycles. The second-order valence-corrected chi connectivity index (χ2v) is 11.0. The van der Waals surface area contributed by atoms with Crippen LogP contribution in [0.3, 0.4) is 0 Å². The Kier molecular flexibility index (Phi) is 7.24. The third-order valence-corrected chi connectivity index (χ3v) is 7.07. The Labute approximate surface area is 228 Å². The smallest absolute Gasteiger partial charge is 0.410 e. The number of nitrogens with one attached hydrogen (secondary N) is 1. The molecule has 11 heteroatoms. The Balaban J connectivity index is 1.34. The summed E-state index contributed by atoms with van der Waals surface area (Å²) in [6.07, 6.45) is 3.54. The molecular formula is C28H36N6O5. The molecular weight excluding hydrogens is 500 g/mol. The summed E-state index contributed by atoms with van der Waals surface area (Å²) in [5.74, 6) is 1.32. The van der Waals surface area contributed by atoms with Crippen molar-refractivity contribution in [3.05, 3.63) is 36.7 Å². The van der Waals surface area contributed by atoms with Crippen molar-refractivity contribution in [2.75, 3.05) is 44.7 Å². The van der Waals surface area contributed by atoms with Gasteiger partial charge in [0.05, 0.1) is 30.9 Å². The molecule has 5 rings (SSSR count). The highest BCUT2D eigenvalue weighted by Gasteiger charge is 2.29. The standard InChI is InChI=1S/C28H36N6O5/c1-18(20-15-25(35)29-16-20)38-26-23-8-9-30-34(23)17-21(31-26)19-6-7-22(24(14-19)37-5)32-10-12-33(13-11-32)27(36)39-28(2,3)4/h6-9,14,17-18,20H,10-13,15-16H2,1-5H3,(H,29,35)/t18-,20-/m1/s1. The van der Waals surface area contributed by atoms with Crippen LogP contribution < -0.4 is 19.7 Å². The van der Waals surface area contributed by atoms with E-state index in [4.69, 9.17) is 19.2 Å². The number of carbonyl (C=O) groups excluding carboxylic acids is 2. The lowest BCUT2D eigenvalue weighted by Gasteiger charge is -2.37. The van der Waals surface area contributed by atoms with E-state index in [0.29, 0.717) is 56.5 Å². The Hall–Kier alpha value is -4.02. The zero-order chi connectivity index (χ0) is 27.7. The molecule has 39 heavy (non-hydrogen) atoms. The topological polar surface area (TPSA) is 111 Å². The maximum atomic E-state index is 12.5. The Bertz CT molecular complexity index is 1360. The summed E-state index contributed by atoms with van der Waals surface area (Å²) >= 11 is 0. The van der Waals surface area contributed by atoms with Gasteiger partial charge in [-0.05, 0) is 45.9 Å². The Morgan fingerprint density at radius 3 is 2.59 bits per heavy atom. The van der Waals surface area contributed by atoms with E-state index in [1.807, 2.05) is 58.2 Å². The molecule has 0 saturated carbocycles. The number of anilines is 1. The normalized spacial score (nSPS) is 18.7. The van der Waals surface area contributed by atoms with Crippen LogP contribution in [-0.2, 0) is 9.53 Å². The number of amides is 2. The number of nitrogens with zero attached hydrogens (tertiary/aromatic N) is 5. The largest absolute Gasteiger partial charge is 0.495 e. The number of carbonyl (C=O) groups is 2. The summed E-state index contributed by atoms with van der Waals surface area (Å²) < 4.78 is 19.3. The van der Waals surface area contributed by atoms with Gasteiger partial charge in [-0.25, -0.2) is 14.3 Å². The van der Waals surface area contributed by atoms with Crippen LogP contribution >= 0.6 is 0 Å². The van der Waals surface area contributed by atoms with Crippen LogP contribution in [0.1, 0.15) is 34.1 Å². The van der Waals surface area contributed by atoms with Crippen molar-refractivity contribution >= 4 is 23.2 Å². The Morgan fingerprint density at radius 2 is 1.92 bits per heavy atom. The molecule has 0 unspecified atom stereocenters. The number of hydrogen-bond acceptors (Lipinski definition) is 8. The number of fused-ring (bicyclic) bond motifs is 1. The zero-order valence-electron chi connectivity index (χ0n) is 23.1. The molecule has 0 bridgehead atoms. The van der Waals surface area contributed by atoms with E-state index in [2.05, 4.69) is 15.3 Å². The van der Waals surface area contributed by atoms with Crippen molar-refractivity contribution in [3.63, 3.8) is 0 Å². The van der Waals surface area contributed by atoms with Crippen LogP contribution in [0, 0.1) is 5.92 Å². The highest BCUT2D eigenvalue weighted by Crippen LogP contribution is 2.35. The van der Waals surface area contributed by atoms with E-state index in [0.717, 1.165) is 16.8 Å². The minimum Gasteiger partial charge on any atom is -0.495 e. The van der Waals surface area contributed by atoms with Gasteiger partial charge >= 0.3 is 6.09 Å². The molecule has 2 fully saturated rings. The summed E-state index contributed by atoms with van der Waals surface area (Å²) in [6.45, 7) is 10.7. The number of benzene rings is 1. The molecule has 4 heterocycles. The molecule has 3 aromatic rings. The molecule has 0 spiro atoms. The Morgan fingerprint density at radius 1 is 1.15 bits per heavy atom. The molecule has 0 aliphatic carbocycles. The fourth-order valence-corrected chi connectivity index (χ4v) is 4.91. The van der Waals surface area contributed by atoms with E-state index < -0.39 is 5.60 Å². The lowest BCUT2D eigenvalue weighted by molar-refractivity contribution is -0.119. The van der Waals surface area contributed by atoms with Crippen molar-refractivity contribution in [2.45, 2.75) is 45.8 Å². The summed E-state index contributed by atoms with van der Waals surface area (Å²) in [5.41, 5.74) is 2.74. The van der Waals surface area contributed by atoms with Gasteiger partial charge in [0.1, 0.15) is 23.0 Å². The van der Waals surface area contributed by atoms with E-state index in [1.54, 1.807) is 22.7 Å². The van der Waals surface area contributed by atoms with E-state index >= 15 is 0 Å². The number of methoxy groups -OCH3 is 1. The van der Waals surface area contributed by atoms with Crippen LogP contribution in [0.2, 0.25) is 0 Å². The number of rotatable bonds is 6. The number of ether oxygens (including phenoxy) is 3. The predicted molar refractivity (Wildman–Crippen MR) is 146 cm³/mol. The molecule has 2 aromatic heterocycles. The van der Waals surface area contributed by atoms with Crippen molar-refractivity contribution in [1.29, 1.82) is 0 Å². The molecule has 2 aliphatic heterocycles. The van der Waals surface area contributed by atoms with Gasteiger partial charge in [-0.3, -0.25) is 4.79 Å². The predicted octanol–water partition coefficient (Wildman–Crippen LogP) is 3.37. The summed E-state index contributed by atoms with van der Waals surface area (Å²) in [6, 6.07) is 7.84. The summed E-state index contributed by atoms with van der Waals surface area (Å²) in [7, 11) is 1.65. The van der Waals surface area contributed by atoms with E-state index in [1.165, 1.54) is 0 Å². The minimum atomic E-state index is -0.518. The molecule has 2 amide bonds. The maximum absolute atomic E-state index is 12.5. The average molecular weight is 537 g/mol. The molecule has 208 valence electrons.